The Morgan fingerprint density at radius 1 is 1.00 bits per heavy atom. The molecule has 82 valence electrons. The summed E-state index contributed by atoms with van der Waals surface area (Å²) in [4.78, 5) is 0. The minimum absolute atomic E-state index is 0.0278. The Morgan fingerprint density at radius 3 is 1.62 bits per heavy atom. The molecular formula is C8H20O5. The lowest BCUT2D eigenvalue weighted by Gasteiger charge is -1.95. The molecule has 0 saturated heterocycles. The second-order valence-electron chi connectivity index (χ2n) is 2.42. The van der Waals surface area contributed by atoms with Gasteiger partial charge in [0.05, 0.1) is 32.5 Å². The number of hydrogen-bond donors (Lipinski definition) is 4. The number of aliphatic hydroxyl groups excluding tert-OH is 4. The normalized spacial score (nSPS) is 11.8. The van der Waals surface area contributed by atoms with Crippen LogP contribution in [0.1, 0.15) is 13.3 Å². The number of hydrogen-bond acceptors (Lipinski definition) is 5. The monoisotopic (exact) mass is 196 g/mol. The molecule has 0 aliphatic heterocycles. The summed E-state index contributed by atoms with van der Waals surface area (Å²) >= 11 is 0. The van der Waals surface area contributed by atoms with E-state index in [-0.39, 0.29) is 25.9 Å². The zero-order valence-electron chi connectivity index (χ0n) is 8.02. The van der Waals surface area contributed by atoms with Crippen LogP contribution in [0.15, 0.2) is 0 Å². The third kappa shape index (κ3) is 24.5. The first-order valence-corrected chi connectivity index (χ1v) is 4.27. The Hall–Kier alpha value is -0.200. The third-order valence-electron chi connectivity index (χ3n) is 1.02. The lowest BCUT2D eigenvalue weighted by molar-refractivity contribution is 0.0650. The summed E-state index contributed by atoms with van der Waals surface area (Å²) in [5.74, 6) is 0. The summed E-state index contributed by atoms with van der Waals surface area (Å²) in [7, 11) is 0. The van der Waals surface area contributed by atoms with Gasteiger partial charge in [0.1, 0.15) is 0 Å². The first-order chi connectivity index (χ1) is 6.18. The van der Waals surface area contributed by atoms with Crippen molar-refractivity contribution >= 4 is 0 Å². The summed E-state index contributed by atoms with van der Waals surface area (Å²) in [5, 5.41) is 32.6. The smallest absolute Gasteiger partial charge is 0.0698 e. The molecule has 5 heteroatoms. The van der Waals surface area contributed by atoms with E-state index in [1.54, 1.807) is 6.92 Å². The molecule has 4 N–H and O–H groups in total. The van der Waals surface area contributed by atoms with Crippen LogP contribution in [0.5, 0.6) is 0 Å². The van der Waals surface area contributed by atoms with E-state index in [0.29, 0.717) is 19.6 Å². The van der Waals surface area contributed by atoms with Crippen LogP contribution in [-0.2, 0) is 4.74 Å². The fraction of sp³-hybridized carbons (Fsp3) is 1.00. The van der Waals surface area contributed by atoms with Gasteiger partial charge < -0.3 is 25.2 Å². The van der Waals surface area contributed by atoms with Crippen molar-refractivity contribution in [1.82, 2.24) is 0 Å². The van der Waals surface area contributed by atoms with Crippen LogP contribution >= 0.6 is 0 Å². The van der Waals surface area contributed by atoms with Gasteiger partial charge in [-0.3, -0.25) is 0 Å². The molecule has 0 rings (SSSR count). The summed E-state index contributed by atoms with van der Waals surface area (Å²) in [6, 6.07) is 0. The molecule has 0 aromatic heterocycles. The maximum Gasteiger partial charge on any atom is 0.0698 e. The lowest BCUT2D eigenvalue weighted by atomic mass is 10.3. The second kappa shape index (κ2) is 14.3. The lowest BCUT2D eigenvalue weighted by Crippen LogP contribution is -2.03. The SMILES string of the molecule is CC(O)CCO.OCCOCCO. The maximum atomic E-state index is 8.39. The number of ether oxygens (including phenoxy) is 1. The molecule has 0 aromatic rings. The van der Waals surface area contributed by atoms with Gasteiger partial charge in [0.15, 0.2) is 0 Å². The van der Waals surface area contributed by atoms with E-state index in [1.165, 1.54) is 0 Å². The molecule has 0 amide bonds. The molecule has 0 aliphatic rings. The van der Waals surface area contributed by atoms with Gasteiger partial charge in [0.25, 0.3) is 0 Å². The van der Waals surface area contributed by atoms with Crippen molar-refractivity contribution in [2.24, 2.45) is 0 Å². The average Bonchev–Trinajstić information content (AvgIpc) is 2.06. The van der Waals surface area contributed by atoms with Gasteiger partial charge in [-0.1, -0.05) is 0 Å². The van der Waals surface area contributed by atoms with Crippen molar-refractivity contribution in [1.29, 1.82) is 0 Å². The number of rotatable bonds is 6. The zero-order valence-corrected chi connectivity index (χ0v) is 8.02. The van der Waals surface area contributed by atoms with Gasteiger partial charge in [-0.2, -0.15) is 0 Å². The number of aliphatic hydroxyl groups is 4. The molecule has 0 radical (unpaired) electrons. The Kier molecular flexibility index (Phi) is 16.8. The quantitative estimate of drug-likeness (QED) is 0.398. The molecule has 13 heavy (non-hydrogen) atoms. The van der Waals surface area contributed by atoms with Gasteiger partial charge in [-0.15, -0.1) is 0 Å². The highest BCUT2D eigenvalue weighted by Gasteiger charge is 1.88. The third-order valence-corrected chi connectivity index (χ3v) is 1.02. The van der Waals surface area contributed by atoms with E-state index in [1.807, 2.05) is 0 Å². The summed E-state index contributed by atoms with van der Waals surface area (Å²) in [6.07, 6.45) is 0.134. The summed E-state index contributed by atoms with van der Waals surface area (Å²) in [5.41, 5.74) is 0. The standard InChI is InChI=1S/C4H10O3.C4H10O2/c5-1-3-7-4-2-6;1-4(6)2-3-5/h5-6H,1-4H2;4-6H,2-3H2,1H3. The Balaban J connectivity index is 0. The van der Waals surface area contributed by atoms with Gasteiger partial charge in [0.2, 0.25) is 0 Å². The van der Waals surface area contributed by atoms with E-state index in [2.05, 4.69) is 4.74 Å². The van der Waals surface area contributed by atoms with Gasteiger partial charge in [-0.25, -0.2) is 0 Å². The average molecular weight is 196 g/mol. The molecule has 1 atom stereocenters. The van der Waals surface area contributed by atoms with Crippen LogP contribution in [0.4, 0.5) is 0 Å². The van der Waals surface area contributed by atoms with E-state index in [9.17, 15) is 0 Å². The summed E-state index contributed by atoms with van der Waals surface area (Å²) in [6.45, 7) is 2.43. The highest BCUT2D eigenvalue weighted by molar-refractivity contribution is 4.40. The fourth-order valence-electron chi connectivity index (χ4n) is 0.418. The Labute approximate surface area is 78.6 Å². The van der Waals surface area contributed by atoms with E-state index < -0.39 is 0 Å². The van der Waals surface area contributed by atoms with Crippen molar-refractivity contribution in [3.8, 4) is 0 Å². The first-order valence-electron chi connectivity index (χ1n) is 4.27. The molecule has 0 aromatic carbocycles. The largest absolute Gasteiger partial charge is 0.396 e. The molecule has 0 heterocycles. The minimum atomic E-state index is -0.352. The van der Waals surface area contributed by atoms with Crippen LogP contribution < -0.4 is 0 Å². The van der Waals surface area contributed by atoms with Crippen molar-refractivity contribution in [3.63, 3.8) is 0 Å². The van der Waals surface area contributed by atoms with Gasteiger partial charge in [0, 0.05) is 6.61 Å². The van der Waals surface area contributed by atoms with Gasteiger partial charge >= 0.3 is 0 Å². The molecule has 0 spiro atoms. The highest BCUT2D eigenvalue weighted by Crippen LogP contribution is 1.83. The second-order valence-corrected chi connectivity index (χ2v) is 2.42. The van der Waals surface area contributed by atoms with Crippen LogP contribution in [0.3, 0.4) is 0 Å². The molecule has 0 fully saturated rings. The molecular weight excluding hydrogens is 176 g/mol. The Morgan fingerprint density at radius 2 is 1.46 bits per heavy atom. The zero-order chi connectivity index (χ0) is 10.5. The van der Waals surface area contributed by atoms with Crippen LogP contribution in [0, 0.1) is 0 Å². The fourth-order valence-corrected chi connectivity index (χ4v) is 0.418. The van der Waals surface area contributed by atoms with Crippen molar-refractivity contribution < 1.29 is 25.2 Å². The van der Waals surface area contributed by atoms with E-state index in [4.69, 9.17) is 20.4 Å². The molecule has 0 aliphatic carbocycles. The van der Waals surface area contributed by atoms with Crippen LogP contribution in [0.2, 0.25) is 0 Å². The topological polar surface area (TPSA) is 90.2 Å². The molecule has 0 bridgehead atoms. The van der Waals surface area contributed by atoms with Crippen LogP contribution in [-0.4, -0.2) is 59.6 Å². The molecule has 1 unspecified atom stereocenters. The van der Waals surface area contributed by atoms with Crippen molar-refractivity contribution in [3.05, 3.63) is 0 Å². The highest BCUT2D eigenvalue weighted by atomic mass is 16.5. The molecule has 5 nitrogen and oxygen atoms in total. The van der Waals surface area contributed by atoms with Crippen molar-refractivity contribution in [2.75, 3.05) is 33.0 Å². The van der Waals surface area contributed by atoms with E-state index >= 15 is 0 Å². The predicted molar refractivity (Wildman–Crippen MR) is 48.4 cm³/mol. The van der Waals surface area contributed by atoms with Gasteiger partial charge in [-0.05, 0) is 13.3 Å². The Bertz CT molecular complexity index is 72.9. The maximum absolute atomic E-state index is 8.39. The molecule has 0 saturated carbocycles. The first kappa shape index (κ1) is 15.3. The summed E-state index contributed by atoms with van der Waals surface area (Å²) < 4.78 is 4.63. The van der Waals surface area contributed by atoms with E-state index in [0.717, 1.165) is 0 Å². The van der Waals surface area contributed by atoms with Crippen molar-refractivity contribution in [2.45, 2.75) is 19.4 Å². The van der Waals surface area contributed by atoms with Crippen LogP contribution in [0.25, 0.3) is 0 Å². The predicted octanol–water partition coefficient (Wildman–Crippen LogP) is -1.26. The minimum Gasteiger partial charge on any atom is -0.396 e.